The zero-order chi connectivity index (χ0) is 10.2. The van der Waals surface area contributed by atoms with E-state index >= 15 is 0 Å². The number of rotatable bonds is 2. The van der Waals surface area contributed by atoms with E-state index in [1.165, 1.54) is 18.4 Å². The first kappa shape index (κ1) is 9.51. The number of hydrogen-bond acceptors (Lipinski definition) is 0. The van der Waals surface area contributed by atoms with E-state index in [2.05, 4.69) is 38.6 Å². The summed E-state index contributed by atoms with van der Waals surface area (Å²) < 4.78 is 0. The molecule has 0 nitrogen and oxygen atoms in total. The summed E-state index contributed by atoms with van der Waals surface area (Å²) in [6.45, 7) is 8.47. The molecule has 1 aromatic rings. The summed E-state index contributed by atoms with van der Waals surface area (Å²) in [7, 11) is 0. The van der Waals surface area contributed by atoms with Gasteiger partial charge in [-0.3, -0.25) is 0 Å². The second-order valence-corrected chi connectivity index (χ2v) is 4.87. The van der Waals surface area contributed by atoms with Crippen LogP contribution in [0, 0.1) is 0 Å². The molecule has 0 aliphatic heterocycles. The largest absolute Gasteiger partial charge is 0.103 e. The van der Waals surface area contributed by atoms with Gasteiger partial charge in [-0.15, -0.1) is 6.58 Å². The zero-order valence-corrected chi connectivity index (χ0v) is 9.14. The minimum Gasteiger partial charge on any atom is -0.103 e. The quantitative estimate of drug-likeness (QED) is 0.619. The predicted molar refractivity (Wildman–Crippen MR) is 61.7 cm³/mol. The molecule has 0 spiro atoms. The first-order chi connectivity index (χ1) is 6.63. The van der Waals surface area contributed by atoms with Gasteiger partial charge < -0.3 is 0 Å². The highest BCUT2D eigenvalue weighted by atomic mass is 14.3. The molecule has 1 aliphatic carbocycles. The van der Waals surface area contributed by atoms with E-state index in [1.54, 1.807) is 11.1 Å². The molecule has 0 radical (unpaired) electrons. The molecule has 0 saturated carbocycles. The Kier molecular flexibility index (Phi) is 2.22. The molecule has 1 aliphatic rings. The van der Waals surface area contributed by atoms with Crippen LogP contribution in [0.4, 0.5) is 0 Å². The van der Waals surface area contributed by atoms with Gasteiger partial charge in [-0.2, -0.15) is 0 Å². The molecule has 14 heavy (non-hydrogen) atoms. The van der Waals surface area contributed by atoms with Crippen LogP contribution in [-0.2, 0) is 18.3 Å². The molecule has 2 rings (SSSR count). The maximum Gasteiger partial charge on any atom is -0.00976 e. The molecule has 0 aromatic heterocycles. The Morgan fingerprint density at radius 3 is 2.93 bits per heavy atom. The third-order valence-electron chi connectivity index (χ3n) is 3.30. The summed E-state index contributed by atoms with van der Waals surface area (Å²) in [5, 5.41) is 0. The van der Waals surface area contributed by atoms with E-state index < -0.39 is 0 Å². The Balaban J connectivity index is 2.42. The van der Waals surface area contributed by atoms with Crippen LogP contribution in [0.15, 0.2) is 30.9 Å². The molecule has 0 heterocycles. The molecule has 1 aromatic carbocycles. The number of benzene rings is 1. The lowest BCUT2D eigenvalue weighted by atomic mass is 9.85. The minimum atomic E-state index is 0.381. The van der Waals surface area contributed by atoms with Gasteiger partial charge in [0, 0.05) is 0 Å². The zero-order valence-electron chi connectivity index (χ0n) is 9.14. The van der Waals surface area contributed by atoms with E-state index in [1.807, 2.05) is 6.08 Å². The molecular weight excluding hydrogens is 168 g/mol. The number of aryl methyl sites for hydroxylation is 1. The smallest absolute Gasteiger partial charge is 0.00976 e. The Morgan fingerprint density at radius 2 is 2.21 bits per heavy atom. The van der Waals surface area contributed by atoms with Crippen molar-refractivity contribution < 1.29 is 0 Å². The van der Waals surface area contributed by atoms with E-state index in [0.717, 1.165) is 6.42 Å². The molecule has 0 fully saturated rings. The van der Waals surface area contributed by atoms with Crippen LogP contribution >= 0.6 is 0 Å². The molecule has 0 heteroatoms. The molecule has 0 bridgehead atoms. The first-order valence-electron chi connectivity index (χ1n) is 5.37. The minimum absolute atomic E-state index is 0.381. The van der Waals surface area contributed by atoms with Crippen LogP contribution < -0.4 is 0 Å². The van der Waals surface area contributed by atoms with Gasteiger partial charge in [0.2, 0.25) is 0 Å². The van der Waals surface area contributed by atoms with Gasteiger partial charge in [0.05, 0.1) is 0 Å². The van der Waals surface area contributed by atoms with Gasteiger partial charge in [-0.1, -0.05) is 38.1 Å². The second-order valence-electron chi connectivity index (χ2n) is 4.87. The van der Waals surface area contributed by atoms with Crippen LogP contribution in [-0.4, -0.2) is 0 Å². The maximum atomic E-state index is 3.79. The number of fused-ring (bicyclic) bond motifs is 1. The number of hydrogen-bond donors (Lipinski definition) is 0. The second kappa shape index (κ2) is 3.27. The van der Waals surface area contributed by atoms with Crippen LogP contribution in [0.3, 0.4) is 0 Å². The van der Waals surface area contributed by atoms with Crippen molar-refractivity contribution >= 4 is 0 Å². The van der Waals surface area contributed by atoms with Crippen LogP contribution in [0.1, 0.15) is 37.0 Å². The summed E-state index contributed by atoms with van der Waals surface area (Å²) in [5.41, 5.74) is 4.88. The Hall–Kier alpha value is -1.04. The molecule has 0 saturated heterocycles. The molecular formula is C14H18. The fourth-order valence-corrected chi connectivity index (χ4v) is 2.35. The van der Waals surface area contributed by atoms with Crippen molar-refractivity contribution in [1.82, 2.24) is 0 Å². The molecule has 0 amide bonds. The average molecular weight is 186 g/mol. The van der Waals surface area contributed by atoms with Gasteiger partial charge in [0.15, 0.2) is 0 Å². The van der Waals surface area contributed by atoms with E-state index in [0.29, 0.717) is 5.41 Å². The third kappa shape index (κ3) is 1.50. The van der Waals surface area contributed by atoms with Crippen molar-refractivity contribution in [2.75, 3.05) is 0 Å². The Labute approximate surface area is 86.7 Å². The van der Waals surface area contributed by atoms with Crippen molar-refractivity contribution in [1.29, 1.82) is 0 Å². The summed E-state index contributed by atoms with van der Waals surface area (Å²) in [6, 6.07) is 6.90. The predicted octanol–water partition coefficient (Wildman–Crippen LogP) is 3.64. The lowest BCUT2D eigenvalue weighted by Crippen LogP contribution is -2.11. The summed E-state index contributed by atoms with van der Waals surface area (Å²) in [6.07, 6.45) is 5.50. The standard InChI is InChI=1S/C14H18/c1-4-5-11-6-7-12-8-9-14(2,3)13(12)10-11/h4,6-7,10H,1,5,8-9H2,2-3H3. The molecule has 0 unspecified atom stereocenters. The molecule has 74 valence electrons. The van der Waals surface area contributed by atoms with Crippen molar-refractivity contribution in [3.63, 3.8) is 0 Å². The van der Waals surface area contributed by atoms with E-state index in [-0.39, 0.29) is 0 Å². The lowest BCUT2D eigenvalue weighted by Gasteiger charge is -2.19. The van der Waals surface area contributed by atoms with Crippen molar-refractivity contribution in [3.8, 4) is 0 Å². The monoisotopic (exact) mass is 186 g/mol. The van der Waals surface area contributed by atoms with Crippen molar-refractivity contribution in [3.05, 3.63) is 47.5 Å². The summed E-state index contributed by atoms with van der Waals surface area (Å²) in [4.78, 5) is 0. The highest BCUT2D eigenvalue weighted by molar-refractivity contribution is 5.41. The SMILES string of the molecule is C=CCc1ccc2c(c1)C(C)(C)CC2. The van der Waals surface area contributed by atoms with Crippen molar-refractivity contribution in [2.24, 2.45) is 0 Å². The number of allylic oxidation sites excluding steroid dienone is 1. The first-order valence-corrected chi connectivity index (χ1v) is 5.37. The van der Waals surface area contributed by atoms with Gasteiger partial charge in [0.1, 0.15) is 0 Å². The lowest BCUT2D eigenvalue weighted by molar-refractivity contribution is 0.522. The molecule has 0 N–H and O–H groups in total. The topological polar surface area (TPSA) is 0 Å². The normalized spacial score (nSPS) is 17.9. The fraction of sp³-hybridized carbons (Fsp3) is 0.429. The van der Waals surface area contributed by atoms with E-state index in [9.17, 15) is 0 Å². The van der Waals surface area contributed by atoms with Gasteiger partial charge >= 0.3 is 0 Å². The average Bonchev–Trinajstić information content (AvgIpc) is 2.44. The Bertz CT molecular complexity index is 358. The molecule has 0 atom stereocenters. The van der Waals surface area contributed by atoms with Crippen LogP contribution in [0.25, 0.3) is 0 Å². The summed E-state index contributed by atoms with van der Waals surface area (Å²) in [5.74, 6) is 0. The van der Waals surface area contributed by atoms with E-state index in [4.69, 9.17) is 0 Å². The van der Waals surface area contributed by atoms with Gasteiger partial charge in [-0.05, 0) is 41.4 Å². The highest BCUT2D eigenvalue weighted by Crippen LogP contribution is 2.38. The van der Waals surface area contributed by atoms with Crippen LogP contribution in [0.5, 0.6) is 0 Å². The van der Waals surface area contributed by atoms with Gasteiger partial charge in [-0.25, -0.2) is 0 Å². The Morgan fingerprint density at radius 1 is 1.43 bits per heavy atom. The van der Waals surface area contributed by atoms with Crippen molar-refractivity contribution in [2.45, 2.75) is 38.5 Å². The third-order valence-corrected chi connectivity index (χ3v) is 3.30. The van der Waals surface area contributed by atoms with Crippen LogP contribution in [0.2, 0.25) is 0 Å². The summed E-state index contributed by atoms with van der Waals surface area (Å²) >= 11 is 0. The van der Waals surface area contributed by atoms with Gasteiger partial charge in [0.25, 0.3) is 0 Å². The highest BCUT2D eigenvalue weighted by Gasteiger charge is 2.29. The fourth-order valence-electron chi connectivity index (χ4n) is 2.35. The maximum absolute atomic E-state index is 3.79.